The van der Waals surface area contributed by atoms with Gasteiger partial charge in [0.1, 0.15) is 0 Å². The Kier molecular flexibility index (Phi) is 6.12. The van der Waals surface area contributed by atoms with Gasteiger partial charge >= 0.3 is 0 Å². The molecule has 1 unspecified atom stereocenters. The van der Waals surface area contributed by atoms with E-state index in [2.05, 4.69) is 29.4 Å². The SMILES string of the molecule is CNC(C)(CO)CCCSc1cc(C)cc(C)n1. The Morgan fingerprint density at radius 1 is 1.39 bits per heavy atom. The first-order chi connectivity index (χ1) is 8.49. The van der Waals surface area contributed by atoms with E-state index in [0.29, 0.717) is 0 Å². The highest BCUT2D eigenvalue weighted by Gasteiger charge is 2.19. The van der Waals surface area contributed by atoms with Crippen LogP contribution in [0.3, 0.4) is 0 Å². The fourth-order valence-electron chi connectivity index (χ4n) is 1.80. The van der Waals surface area contributed by atoms with E-state index < -0.39 is 0 Å². The monoisotopic (exact) mass is 268 g/mol. The fourth-order valence-corrected chi connectivity index (χ4v) is 2.78. The van der Waals surface area contributed by atoms with Gasteiger partial charge in [0.05, 0.1) is 11.6 Å². The minimum atomic E-state index is -0.156. The molecule has 0 amide bonds. The smallest absolute Gasteiger partial charge is 0.0965 e. The zero-order valence-corrected chi connectivity index (χ0v) is 12.6. The second-order valence-corrected chi connectivity index (χ2v) is 6.16. The van der Waals surface area contributed by atoms with Crippen molar-refractivity contribution in [2.45, 2.75) is 44.2 Å². The number of thioether (sulfide) groups is 1. The van der Waals surface area contributed by atoms with Crippen LogP contribution in [0.25, 0.3) is 0 Å². The predicted octanol–water partition coefficient (Wildman–Crippen LogP) is 2.54. The normalized spacial score (nSPS) is 14.5. The summed E-state index contributed by atoms with van der Waals surface area (Å²) >= 11 is 1.79. The van der Waals surface area contributed by atoms with Gasteiger partial charge in [-0.15, -0.1) is 11.8 Å². The molecule has 1 atom stereocenters. The van der Waals surface area contributed by atoms with Crippen molar-refractivity contribution >= 4 is 11.8 Å². The van der Waals surface area contributed by atoms with Crippen molar-refractivity contribution in [1.29, 1.82) is 0 Å². The summed E-state index contributed by atoms with van der Waals surface area (Å²) in [7, 11) is 1.90. The summed E-state index contributed by atoms with van der Waals surface area (Å²) in [6.45, 7) is 6.35. The van der Waals surface area contributed by atoms with Crippen LogP contribution in [-0.4, -0.2) is 35.0 Å². The van der Waals surface area contributed by atoms with Gasteiger partial charge in [0, 0.05) is 11.2 Å². The van der Waals surface area contributed by atoms with E-state index in [-0.39, 0.29) is 12.1 Å². The van der Waals surface area contributed by atoms with Crippen molar-refractivity contribution in [2.75, 3.05) is 19.4 Å². The maximum absolute atomic E-state index is 9.29. The molecule has 2 N–H and O–H groups in total. The first kappa shape index (κ1) is 15.5. The molecule has 0 radical (unpaired) electrons. The maximum atomic E-state index is 9.29. The third-order valence-electron chi connectivity index (χ3n) is 3.15. The number of rotatable bonds is 7. The van der Waals surface area contributed by atoms with Gasteiger partial charge in [-0.3, -0.25) is 0 Å². The van der Waals surface area contributed by atoms with Crippen molar-refractivity contribution in [3.8, 4) is 0 Å². The van der Waals surface area contributed by atoms with Crippen LogP contribution in [0.4, 0.5) is 0 Å². The van der Waals surface area contributed by atoms with E-state index in [0.717, 1.165) is 29.3 Å². The Balaban J connectivity index is 2.38. The zero-order valence-electron chi connectivity index (χ0n) is 11.8. The van der Waals surface area contributed by atoms with Crippen molar-refractivity contribution in [3.05, 3.63) is 23.4 Å². The molecule has 1 aromatic rings. The van der Waals surface area contributed by atoms with Gasteiger partial charge in [0.2, 0.25) is 0 Å². The summed E-state index contributed by atoms with van der Waals surface area (Å²) in [4.78, 5) is 4.51. The quantitative estimate of drug-likeness (QED) is 0.589. The maximum Gasteiger partial charge on any atom is 0.0965 e. The average Bonchev–Trinajstić information content (AvgIpc) is 2.33. The van der Waals surface area contributed by atoms with Gasteiger partial charge in [-0.1, -0.05) is 0 Å². The molecule has 0 spiro atoms. The molecule has 0 bridgehead atoms. The number of pyridine rings is 1. The Morgan fingerprint density at radius 2 is 2.11 bits per heavy atom. The second-order valence-electron chi connectivity index (χ2n) is 5.04. The van der Waals surface area contributed by atoms with Gasteiger partial charge in [0.25, 0.3) is 0 Å². The lowest BCUT2D eigenvalue weighted by molar-refractivity contribution is 0.173. The van der Waals surface area contributed by atoms with Crippen molar-refractivity contribution < 1.29 is 5.11 Å². The molecule has 4 heteroatoms. The third-order valence-corrected chi connectivity index (χ3v) is 4.15. The van der Waals surface area contributed by atoms with Gasteiger partial charge < -0.3 is 10.4 Å². The first-order valence-corrected chi connectivity index (χ1v) is 7.35. The number of nitrogens with one attached hydrogen (secondary N) is 1. The van der Waals surface area contributed by atoms with Crippen molar-refractivity contribution in [2.24, 2.45) is 0 Å². The summed E-state index contributed by atoms with van der Waals surface area (Å²) in [5.74, 6) is 1.03. The Labute approximate surface area is 114 Å². The minimum Gasteiger partial charge on any atom is -0.394 e. The molecule has 1 rings (SSSR count). The molecule has 0 aliphatic carbocycles. The highest BCUT2D eigenvalue weighted by molar-refractivity contribution is 7.99. The molecule has 0 saturated carbocycles. The van der Waals surface area contributed by atoms with Crippen LogP contribution >= 0.6 is 11.8 Å². The average molecular weight is 268 g/mol. The molecular weight excluding hydrogens is 244 g/mol. The molecule has 1 aromatic heterocycles. The van der Waals surface area contributed by atoms with Crippen molar-refractivity contribution in [1.82, 2.24) is 10.3 Å². The topological polar surface area (TPSA) is 45.1 Å². The van der Waals surface area contributed by atoms with Gasteiger partial charge in [-0.2, -0.15) is 0 Å². The van der Waals surface area contributed by atoms with Gasteiger partial charge in [0.15, 0.2) is 0 Å². The number of aliphatic hydroxyl groups is 1. The number of hydrogen-bond acceptors (Lipinski definition) is 4. The Hall–Kier alpha value is -0.580. The number of aliphatic hydroxyl groups excluding tert-OH is 1. The fraction of sp³-hybridized carbons (Fsp3) is 0.643. The number of aromatic nitrogens is 1. The van der Waals surface area contributed by atoms with Crippen LogP contribution in [0.15, 0.2) is 17.2 Å². The van der Waals surface area contributed by atoms with Crippen LogP contribution in [0.1, 0.15) is 31.0 Å². The summed E-state index contributed by atoms with van der Waals surface area (Å²) in [5.41, 5.74) is 2.18. The molecule has 1 heterocycles. The van der Waals surface area contributed by atoms with E-state index in [4.69, 9.17) is 0 Å². The van der Waals surface area contributed by atoms with E-state index >= 15 is 0 Å². The zero-order chi connectivity index (χ0) is 13.6. The molecule has 0 fully saturated rings. The number of nitrogens with zero attached hydrogens (tertiary/aromatic N) is 1. The highest BCUT2D eigenvalue weighted by atomic mass is 32.2. The molecule has 102 valence electrons. The summed E-state index contributed by atoms with van der Waals surface area (Å²) < 4.78 is 0. The van der Waals surface area contributed by atoms with E-state index in [9.17, 15) is 5.11 Å². The third kappa shape index (κ3) is 4.96. The highest BCUT2D eigenvalue weighted by Crippen LogP contribution is 2.21. The van der Waals surface area contributed by atoms with Gasteiger partial charge in [-0.05, 0) is 64.1 Å². The van der Waals surface area contributed by atoms with Crippen LogP contribution in [-0.2, 0) is 0 Å². The molecule has 0 saturated heterocycles. The van der Waals surface area contributed by atoms with Crippen LogP contribution in [0.2, 0.25) is 0 Å². The summed E-state index contributed by atoms with van der Waals surface area (Å²) in [6, 6.07) is 4.22. The summed E-state index contributed by atoms with van der Waals surface area (Å²) in [5, 5.41) is 13.6. The molecule has 18 heavy (non-hydrogen) atoms. The van der Waals surface area contributed by atoms with Crippen molar-refractivity contribution in [3.63, 3.8) is 0 Å². The van der Waals surface area contributed by atoms with Crippen LogP contribution in [0, 0.1) is 13.8 Å². The molecule has 0 aliphatic heterocycles. The molecule has 3 nitrogen and oxygen atoms in total. The summed E-state index contributed by atoms with van der Waals surface area (Å²) in [6.07, 6.45) is 2.04. The Bertz CT molecular complexity index is 358. The lowest BCUT2D eigenvalue weighted by Crippen LogP contribution is -2.43. The molecular formula is C14H24N2OS. The minimum absolute atomic E-state index is 0.156. The number of aryl methyl sites for hydroxylation is 2. The first-order valence-electron chi connectivity index (χ1n) is 6.37. The number of likely N-dealkylation sites (N-methyl/N-ethyl adjacent to an activating group) is 1. The molecule has 0 aromatic carbocycles. The van der Waals surface area contributed by atoms with Crippen LogP contribution in [0.5, 0.6) is 0 Å². The second kappa shape index (κ2) is 7.12. The number of hydrogen-bond donors (Lipinski definition) is 2. The predicted molar refractivity (Wildman–Crippen MR) is 78.2 cm³/mol. The molecule has 0 aliphatic rings. The Morgan fingerprint density at radius 3 is 2.67 bits per heavy atom. The standard InChI is InChI=1S/C14H24N2OS/c1-11-8-12(2)16-13(9-11)18-7-5-6-14(3,10-17)15-4/h8-9,15,17H,5-7,10H2,1-4H3. The van der Waals surface area contributed by atoms with Gasteiger partial charge in [-0.25, -0.2) is 4.98 Å². The van der Waals surface area contributed by atoms with Crippen LogP contribution < -0.4 is 5.32 Å². The van der Waals surface area contributed by atoms with E-state index in [1.54, 1.807) is 11.8 Å². The van der Waals surface area contributed by atoms with E-state index in [1.165, 1.54) is 5.56 Å². The van der Waals surface area contributed by atoms with E-state index in [1.807, 2.05) is 20.9 Å². The lowest BCUT2D eigenvalue weighted by atomic mass is 9.98. The largest absolute Gasteiger partial charge is 0.394 e. The lowest BCUT2D eigenvalue weighted by Gasteiger charge is -2.26.